The quantitative estimate of drug-likeness (QED) is 0.915. The van der Waals surface area contributed by atoms with Crippen molar-refractivity contribution in [1.29, 1.82) is 0 Å². The van der Waals surface area contributed by atoms with Crippen LogP contribution in [0.5, 0.6) is 5.75 Å². The maximum absolute atomic E-state index is 13.9. The number of ether oxygens (including phenoxy) is 1. The molecule has 0 unspecified atom stereocenters. The summed E-state index contributed by atoms with van der Waals surface area (Å²) in [4.78, 5) is 10.9. The number of halogens is 3. The van der Waals surface area contributed by atoms with Gasteiger partial charge >= 0.3 is 11.9 Å². The molecule has 0 aromatic heterocycles. The van der Waals surface area contributed by atoms with Gasteiger partial charge in [-0.2, -0.15) is 8.78 Å². The molecule has 0 aliphatic rings. The molecule has 0 radical (unpaired) electrons. The Morgan fingerprint density at radius 2 is 1.81 bits per heavy atom. The summed E-state index contributed by atoms with van der Waals surface area (Å²) in [5, 5.41) is 8.91. The first-order chi connectivity index (χ1) is 9.90. The van der Waals surface area contributed by atoms with Gasteiger partial charge < -0.3 is 9.84 Å². The molecule has 0 saturated heterocycles. The summed E-state index contributed by atoms with van der Waals surface area (Å²) >= 11 is 0. The van der Waals surface area contributed by atoms with Gasteiger partial charge in [0.1, 0.15) is 17.1 Å². The molecule has 2 aromatic rings. The van der Waals surface area contributed by atoms with Crippen LogP contribution in [0.15, 0.2) is 48.5 Å². The highest BCUT2D eigenvalue weighted by Gasteiger charge is 2.33. The fourth-order valence-electron chi connectivity index (χ4n) is 1.73. The van der Waals surface area contributed by atoms with Gasteiger partial charge in [-0.1, -0.05) is 30.3 Å². The van der Waals surface area contributed by atoms with Crippen LogP contribution in [0, 0.1) is 5.82 Å². The van der Waals surface area contributed by atoms with Crippen LogP contribution in [0.1, 0.15) is 15.9 Å². The van der Waals surface area contributed by atoms with E-state index in [0.717, 1.165) is 18.2 Å². The molecule has 0 saturated carbocycles. The standard InChI is InChI=1S/C15H11F3O3/c16-11-6-7-12(14(19)20)13(8-11)21-9-15(17,18)10-4-2-1-3-5-10/h1-8H,9H2,(H,19,20). The predicted molar refractivity (Wildman–Crippen MR) is 69.2 cm³/mol. The van der Waals surface area contributed by atoms with Gasteiger partial charge in [-0.25, -0.2) is 9.18 Å². The molecule has 110 valence electrons. The van der Waals surface area contributed by atoms with E-state index in [1.165, 1.54) is 24.3 Å². The summed E-state index contributed by atoms with van der Waals surface area (Å²) in [6.07, 6.45) is 0. The summed E-state index contributed by atoms with van der Waals surface area (Å²) in [6, 6.07) is 9.61. The molecule has 0 atom stereocenters. The average molecular weight is 296 g/mol. The van der Waals surface area contributed by atoms with Crippen LogP contribution in [0.25, 0.3) is 0 Å². The van der Waals surface area contributed by atoms with Gasteiger partial charge in [0.2, 0.25) is 0 Å². The zero-order valence-corrected chi connectivity index (χ0v) is 10.7. The highest BCUT2D eigenvalue weighted by molar-refractivity contribution is 5.90. The minimum absolute atomic E-state index is 0.265. The first-order valence-corrected chi connectivity index (χ1v) is 5.99. The van der Waals surface area contributed by atoms with Crippen molar-refractivity contribution in [3.05, 3.63) is 65.5 Å². The molecular weight excluding hydrogens is 285 g/mol. The van der Waals surface area contributed by atoms with Crippen molar-refractivity contribution >= 4 is 5.97 Å². The Labute approximate surface area is 118 Å². The fraction of sp³-hybridized carbons (Fsp3) is 0.133. The average Bonchev–Trinajstić information content (AvgIpc) is 2.46. The van der Waals surface area contributed by atoms with E-state index in [1.54, 1.807) is 6.07 Å². The van der Waals surface area contributed by atoms with Crippen molar-refractivity contribution in [3.8, 4) is 5.75 Å². The van der Waals surface area contributed by atoms with Crippen molar-refractivity contribution in [2.45, 2.75) is 5.92 Å². The van der Waals surface area contributed by atoms with E-state index >= 15 is 0 Å². The van der Waals surface area contributed by atoms with Gasteiger partial charge in [0, 0.05) is 11.6 Å². The number of carbonyl (C=O) groups is 1. The number of hydrogen-bond donors (Lipinski definition) is 1. The third-order valence-electron chi connectivity index (χ3n) is 2.78. The minimum atomic E-state index is -3.32. The third-order valence-corrected chi connectivity index (χ3v) is 2.78. The van der Waals surface area contributed by atoms with Gasteiger partial charge in [-0.05, 0) is 12.1 Å². The van der Waals surface area contributed by atoms with Gasteiger partial charge in [0.05, 0.1) is 0 Å². The second-order valence-corrected chi connectivity index (χ2v) is 4.30. The predicted octanol–water partition coefficient (Wildman–Crippen LogP) is 3.69. The van der Waals surface area contributed by atoms with Crippen LogP contribution in [0.2, 0.25) is 0 Å². The first kappa shape index (κ1) is 14.9. The first-order valence-electron chi connectivity index (χ1n) is 5.99. The van der Waals surface area contributed by atoms with Crippen LogP contribution in [0.3, 0.4) is 0 Å². The Morgan fingerprint density at radius 1 is 1.14 bits per heavy atom. The largest absolute Gasteiger partial charge is 0.486 e. The summed E-state index contributed by atoms with van der Waals surface area (Å²) in [5.41, 5.74) is -0.640. The molecule has 0 spiro atoms. The summed E-state index contributed by atoms with van der Waals surface area (Å²) in [6.45, 7) is -1.08. The molecule has 3 nitrogen and oxygen atoms in total. The Morgan fingerprint density at radius 3 is 2.43 bits per heavy atom. The number of carboxylic acid groups (broad SMARTS) is 1. The van der Waals surface area contributed by atoms with Gasteiger partial charge in [0.15, 0.2) is 6.61 Å². The topological polar surface area (TPSA) is 46.5 Å². The van der Waals surface area contributed by atoms with E-state index in [0.29, 0.717) is 0 Å². The zero-order valence-electron chi connectivity index (χ0n) is 10.7. The second kappa shape index (κ2) is 5.87. The van der Waals surface area contributed by atoms with E-state index in [-0.39, 0.29) is 11.1 Å². The fourth-order valence-corrected chi connectivity index (χ4v) is 1.73. The van der Waals surface area contributed by atoms with Crippen molar-refractivity contribution in [2.75, 3.05) is 6.61 Å². The molecule has 2 aromatic carbocycles. The maximum atomic E-state index is 13.9. The van der Waals surface area contributed by atoms with Gasteiger partial charge in [0.25, 0.3) is 0 Å². The van der Waals surface area contributed by atoms with Gasteiger partial charge in [-0.15, -0.1) is 0 Å². The summed E-state index contributed by atoms with van der Waals surface area (Å²) in [5.74, 6) is -5.90. The molecular formula is C15H11F3O3. The van der Waals surface area contributed by atoms with E-state index in [9.17, 15) is 18.0 Å². The zero-order chi connectivity index (χ0) is 15.5. The lowest BCUT2D eigenvalue weighted by Gasteiger charge is -2.18. The Balaban J connectivity index is 2.20. The molecule has 0 amide bonds. The Bertz CT molecular complexity index is 642. The molecule has 0 aliphatic heterocycles. The lowest BCUT2D eigenvalue weighted by Crippen LogP contribution is -2.23. The molecule has 2 rings (SSSR count). The van der Waals surface area contributed by atoms with Crippen molar-refractivity contribution in [3.63, 3.8) is 0 Å². The molecule has 21 heavy (non-hydrogen) atoms. The van der Waals surface area contributed by atoms with Crippen molar-refractivity contribution < 1.29 is 27.8 Å². The second-order valence-electron chi connectivity index (χ2n) is 4.30. The highest BCUT2D eigenvalue weighted by atomic mass is 19.3. The lowest BCUT2D eigenvalue weighted by molar-refractivity contribution is -0.0470. The van der Waals surface area contributed by atoms with Crippen LogP contribution >= 0.6 is 0 Å². The molecule has 1 N–H and O–H groups in total. The monoisotopic (exact) mass is 296 g/mol. The lowest BCUT2D eigenvalue weighted by atomic mass is 10.1. The van der Waals surface area contributed by atoms with Crippen LogP contribution in [0.4, 0.5) is 13.2 Å². The Hall–Kier alpha value is -2.50. The van der Waals surface area contributed by atoms with Crippen LogP contribution < -0.4 is 4.74 Å². The minimum Gasteiger partial charge on any atom is -0.486 e. The van der Waals surface area contributed by atoms with Crippen molar-refractivity contribution in [2.24, 2.45) is 0 Å². The number of rotatable bonds is 5. The van der Waals surface area contributed by atoms with Crippen molar-refractivity contribution in [1.82, 2.24) is 0 Å². The van der Waals surface area contributed by atoms with Crippen LogP contribution in [-0.4, -0.2) is 17.7 Å². The van der Waals surface area contributed by atoms with E-state index in [2.05, 4.69) is 0 Å². The summed E-state index contributed by atoms with van der Waals surface area (Å²) in [7, 11) is 0. The molecule has 0 bridgehead atoms. The van der Waals surface area contributed by atoms with E-state index < -0.39 is 30.1 Å². The van der Waals surface area contributed by atoms with E-state index in [4.69, 9.17) is 9.84 Å². The molecule has 0 aliphatic carbocycles. The SMILES string of the molecule is O=C(O)c1ccc(F)cc1OCC(F)(F)c1ccccc1. The van der Waals surface area contributed by atoms with Crippen LogP contribution in [-0.2, 0) is 5.92 Å². The number of alkyl halides is 2. The molecule has 0 fully saturated rings. The van der Waals surface area contributed by atoms with Gasteiger partial charge in [-0.3, -0.25) is 0 Å². The summed E-state index contributed by atoms with van der Waals surface area (Å²) < 4.78 is 45.7. The molecule has 0 heterocycles. The van der Waals surface area contributed by atoms with E-state index in [1.807, 2.05) is 0 Å². The molecule has 6 heteroatoms. The number of aromatic carboxylic acids is 1. The number of carboxylic acids is 1. The smallest absolute Gasteiger partial charge is 0.339 e. The highest BCUT2D eigenvalue weighted by Crippen LogP contribution is 2.30. The number of benzene rings is 2. The normalized spacial score (nSPS) is 11.2. The maximum Gasteiger partial charge on any atom is 0.339 e. The number of hydrogen-bond acceptors (Lipinski definition) is 2. The Kier molecular flexibility index (Phi) is 4.16. The third kappa shape index (κ3) is 3.53.